The average Bonchev–Trinajstić information content (AvgIpc) is 3.10. The van der Waals surface area contributed by atoms with E-state index in [0.717, 1.165) is 48.0 Å². The smallest absolute Gasteiger partial charge is 0.191 e. The maximum absolute atomic E-state index is 5.94. The predicted octanol–water partition coefficient (Wildman–Crippen LogP) is 4.05. The molecule has 29 heavy (non-hydrogen) atoms. The molecule has 0 aliphatic rings. The van der Waals surface area contributed by atoms with Crippen LogP contribution in [0.1, 0.15) is 24.7 Å². The van der Waals surface area contributed by atoms with E-state index < -0.39 is 0 Å². The zero-order valence-electron chi connectivity index (χ0n) is 17.2. The van der Waals surface area contributed by atoms with Crippen molar-refractivity contribution in [2.45, 2.75) is 32.8 Å². The molecule has 1 unspecified atom stereocenters. The first-order chi connectivity index (χ1) is 13.6. The predicted molar refractivity (Wildman–Crippen MR) is 130 cm³/mol. The highest BCUT2D eigenvalue weighted by molar-refractivity contribution is 14.0. The molecule has 0 bridgehead atoms. The van der Waals surface area contributed by atoms with Gasteiger partial charge in [0.05, 0.1) is 17.6 Å². The normalized spacial score (nSPS) is 12.3. The van der Waals surface area contributed by atoms with Gasteiger partial charge in [0.2, 0.25) is 0 Å². The number of aromatic amines is 1. The van der Waals surface area contributed by atoms with Crippen molar-refractivity contribution >= 4 is 41.0 Å². The van der Waals surface area contributed by atoms with Crippen LogP contribution in [0, 0.1) is 6.92 Å². The van der Waals surface area contributed by atoms with Crippen LogP contribution in [0.3, 0.4) is 0 Å². The van der Waals surface area contributed by atoms with Gasteiger partial charge in [0.25, 0.3) is 0 Å². The van der Waals surface area contributed by atoms with Crippen LogP contribution in [-0.2, 0) is 6.42 Å². The van der Waals surface area contributed by atoms with Gasteiger partial charge in [-0.15, -0.1) is 24.0 Å². The molecule has 2 aromatic carbocycles. The van der Waals surface area contributed by atoms with Crippen molar-refractivity contribution in [3.05, 3.63) is 59.9 Å². The monoisotopic (exact) mass is 507 g/mol. The standard InChI is InChI=1S/C22H29N5O.HI/c1-16-8-6-9-18(14-16)28-17(2)15-25-22(23-3)24-13-7-12-21-26-19-10-4-5-11-20(19)27-21;/h4-6,8-11,14,17H,7,12-13,15H2,1-3H3,(H,26,27)(H2,23,24,25);1H. The van der Waals surface area contributed by atoms with Crippen LogP contribution >= 0.6 is 24.0 Å². The van der Waals surface area contributed by atoms with Crippen LogP contribution in [0.25, 0.3) is 11.0 Å². The average molecular weight is 507 g/mol. The number of guanidine groups is 1. The first-order valence-electron chi connectivity index (χ1n) is 9.75. The second-order valence-corrected chi connectivity index (χ2v) is 6.93. The summed E-state index contributed by atoms with van der Waals surface area (Å²) in [6.07, 6.45) is 1.90. The third-order valence-corrected chi connectivity index (χ3v) is 4.43. The summed E-state index contributed by atoms with van der Waals surface area (Å²) in [4.78, 5) is 12.2. The summed E-state index contributed by atoms with van der Waals surface area (Å²) in [5.41, 5.74) is 3.30. The third-order valence-electron chi connectivity index (χ3n) is 4.43. The van der Waals surface area contributed by atoms with Gasteiger partial charge in [0.1, 0.15) is 17.7 Å². The molecule has 3 rings (SSSR count). The summed E-state index contributed by atoms with van der Waals surface area (Å²) in [7, 11) is 1.78. The van der Waals surface area contributed by atoms with E-state index in [1.54, 1.807) is 7.05 Å². The van der Waals surface area contributed by atoms with E-state index in [-0.39, 0.29) is 30.1 Å². The molecule has 0 spiro atoms. The van der Waals surface area contributed by atoms with Crippen molar-refractivity contribution in [3.8, 4) is 5.75 Å². The number of hydrogen-bond donors (Lipinski definition) is 3. The fourth-order valence-corrected chi connectivity index (χ4v) is 3.01. The minimum atomic E-state index is 0. The topological polar surface area (TPSA) is 74.3 Å². The van der Waals surface area contributed by atoms with Crippen LogP contribution < -0.4 is 15.4 Å². The van der Waals surface area contributed by atoms with Gasteiger partial charge >= 0.3 is 0 Å². The molecule has 3 aromatic rings. The Balaban J connectivity index is 0.00000300. The molecule has 7 heteroatoms. The van der Waals surface area contributed by atoms with Crippen LogP contribution in [0.15, 0.2) is 53.5 Å². The molecule has 0 saturated heterocycles. The van der Waals surface area contributed by atoms with E-state index in [0.29, 0.717) is 6.54 Å². The number of benzene rings is 2. The summed E-state index contributed by atoms with van der Waals surface area (Å²) >= 11 is 0. The van der Waals surface area contributed by atoms with Gasteiger partial charge in [-0.05, 0) is 50.1 Å². The van der Waals surface area contributed by atoms with Crippen LogP contribution in [-0.4, -0.2) is 42.2 Å². The molecule has 1 aromatic heterocycles. The Labute approximate surface area is 189 Å². The molecule has 0 aliphatic carbocycles. The van der Waals surface area contributed by atoms with Crippen LogP contribution in [0.4, 0.5) is 0 Å². The second-order valence-electron chi connectivity index (χ2n) is 6.93. The number of aliphatic imine (C=N–C) groups is 1. The van der Waals surface area contributed by atoms with Crippen molar-refractivity contribution in [1.82, 2.24) is 20.6 Å². The van der Waals surface area contributed by atoms with E-state index in [9.17, 15) is 0 Å². The van der Waals surface area contributed by atoms with E-state index in [1.165, 1.54) is 5.56 Å². The maximum Gasteiger partial charge on any atom is 0.191 e. The zero-order valence-corrected chi connectivity index (χ0v) is 19.6. The Morgan fingerprint density at radius 1 is 1.17 bits per heavy atom. The van der Waals surface area contributed by atoms with E-state index in [1.807, 2.05) is 43.3 Å². The van der Waals surface area contributed by atoms with Gasteiger partial charge in [0, 0.05) is 20.0 Å². The summed E-state index contributed by atoms with van der Waals surface area (Å²) in [5, 5.41) is 6.66. The lowest BCUT2D eigenvalue weighted by Crippen LogP contribution is -2.42. The molecule has 3 N–H and O–H groups in total. The molecule has 156 valence electrons. The molecular weight excluding hydrogens is 477 g/mol. The fraction of sp³-hybridized carbons (Fsp3) is 0.364. The Morgan fingerprint density at radius 3 is 2.76 bits per heavy atom. The molecule has 0 amide bonds. The van der Waals surface area contributed by atoms with Crippen molar-refractivity contribution in [2.24, 2.45) is 4.99 Å². The molecule has 0 saturated carbocycles. The number of nitrogens with zero attached hydrogens (tertiary/aromatic N) is 2. The number of rotatable bonds is 8. The highest BCUT2D eigenvalue weighted by Crippen LogP contribution is 2.14. The minimum absolute atomic E-state index is 0. The Bertz CT molecular complexity index is 891. The number of H-pyrrole nitrogens is 1. The number of nitrogens with one attached hydrogen (secondary N) is 3. The zero-order chi connectivity index (χ0) is 19.8. The molecular formula is C22H30IN5O. The second kappa shape index (κ2) is 11.6. The number of hydrogen-bond acceptors (Lipinski definition) is 3. The quantitative estimate of drug-likeness (QED) is 0.186. The van der Waals surface area contributed by atoms with Crippen LogP contribution in [0.5, 0.6) is 5.75 Å². The Morgan fingerprint density at radius 2 is 2.00 bits per heavy atom. The molecule has 1 atom stereocenters. The molecule has 0 aliphatic heterocycles. The van der Waals surface area contributed by atoms with Gasteiger partial charge in [-0.2, -0.15) is 0 Å². The van der Waals surface area contributed by atoms with Gasteiger partial charge < -0.3 is 20.4 Å². The molecule has 6 nitrogen and oxygen atoms in total. The highest BCUT2D eigenvalue weighted by Gasteiger charge is 2.06. The number of para-hydroxylation sites is 2. The SMILES string of the molecule is CN=C(NCCCc1nc2ccccc2[nH]1)NCC(C)Oc1cccc(C)c1.I. The lowest BCUT2D eigenvalue weighted by atomic mass is 10.2. The van der Waals surface area contributed by atoms with Crippen molar-refractivity contribution in [2.75, 3.05) is 20.1 Å². The number of imidazole rings is 1. The van der Waals surface area contributed by atoms with Gasteiger partial charge in [0.15, 0.2) is 5.96 Å². The number of ether oxygens (including phenoxy) is 1. The number of aryl methyl sites for hydroxylation is 2. The van der Waals surface area contributed by atoms with Gasteiger partial charge in [-0.25, -0.2) is 4.98 Å². The molecule has 0 radical (unpaired) electrons. The van der Waals surface area contributed by atoms with E-state index >= 15 is 0 Å². The first-order valence-corrected chi connectivity index (χ1v) is 9.75. The number of halogens is 1. The lowest BCUT2D eigenvalue weighted by molar-refractivity contribution is 0.223. The third kappa shape index (κ3) is 7.23. The van der Waals surface area contributed by atoms with Gasteiger partial charge in [-0.1, -0.05) is 24.3 Å². The van der Waals surface area contributed by atoms with Crippen molar-refractivity contribution in [1.29, 1.82) is 0 Å². The van der Waals surface area contributed by atoms with Gasteiger partial charge in [-0.3, -0.25) is 4.99 Å². The largest absolute Gasteiger partial charge is 0.489 e. The highest BCUT2D eigenvalue weighted by atomic mass is 127. The number of fused-ring (bicyclic) bond motifs is 1. The van der Waals surface area contributed by atoms with Crippen molar-refractivity contribution < 1.29 is 4.74 Å². The first kappa shape index (κ1) is 23.0. The summed E-state index contributed by atoms with van der Waals surface area (Å²) in [5.74, 6) is 2.69. The Kier molecular flexibility index (Phi) is 9.24. The van der Waals surface area contributed by atoms with Crippen molar-refractivity contribution in [3.63, 3.8) is 0 Å². The Hall–Kier alpha value is -2.29. The number of aromatic nitrogens is 2. The van der Waals surface area contributed by atoms with Crippen LogP contribution in [0.2, 0.25) is 0 Å². The fourth-order valence-electron chi connectivity index (χ4n) is 3.01. The van der Waals surface area contributed by atoms with E-state index in [4.69, 9.17) is 4.74 Å². The minimum Gasteiger partial charge on any atom is -0.489 e. The summed E-state index contributed by atoms with van der Waals surface area (Å²) in [6.45, 7) is 5.61. The summed E-state index contributed by atoms with van der Waals surface area (Å²) < 4.78 is 5.94. The lowest BCUT2D eigenvalue weighted by Gasteiger charge is -2.18. The maximum atomic E-state index is 5.94. The van der Waals surface area contributed by atoms with E-state index in [2.05, 4.69) is 44.7 Å². The summed E-state index contributed by atoms with van der Waals surface area (Å²) in [6, 6.07) is 16.2. The molecule has 0 fully saturated rings. The molecule has 1 heterocycles.